The van der Waals surface area contributed by atoms with Crippen LogP contribution < -0.4 is 0 Å². The first kappa shape index (κ1) is 12.4. The number of nitrogens with one attached hydrogen (secondary N) is 1. The summed E-state index contributed by atoms with van der Waals surface area (Å²) in [6.07, 6.45) is 5.84. The van der Waals surface area contributed by atoms with Crippen LogP contribution in [0.2, 0.25) is 0 Å². The molecule has 19 heavy (non-hydrogen) atoms. The molecule has 1 N–H and O–H groups in total. The number of aromatic amines is 1. The molecule has 1 heterocycles. The van der Waals surface area contributed by atoms with Gasteiger partial charge in [0.2, 0.25) is 0 Å². The van der Waals surface area contributed by atoms with Crippen LogP contribution >= 0.6 is 0 Å². The molecule has 0 radical (unpaired) electrons. The van der Waals surface area contributed by atoms with Crippen LogP contribution in [-0.4, -0.2) is 35.8 Å². The Hall–Kier alpha value is -1.61. The molecular weight excluding hydrogens is 236 g/mol. The quantitative estimate of drug-likeness (QED) is 0.834. The number of carbonyl (C=O) groups excluding carboxylic acids is 1. The first-order valence-corrected chi connectivity index (χ1v) is 7.02. The lowest BCUT2D eigenvalue weighted by Gasteiger charge is -2.29. The van der Waals surface area contributed by atoms with Gasteiger partial charge in [0, 0.05) is 29.2 Å². The van der Waals surface area contributed by atoms with E-state index in [-0.39, 0.29) is 5.78 Å². The van der Waals surface area contributed by atoms with Gasteiger partial charge in [0.15, 0.2) is 5.78 Å². The monoisotopic (exact) mass is 256 g/mol. The van der Waals surface area contributed by atoms with Crippen LogP contribution in [0.25, 0.3) is 10.9 Å². The van der Waals surface area contributed by atoms with E-state index in [0.29, 0.717) is 6.54 Å². The minimum atomic E-state index is 0.208. The number of hydrogen-bond acceptors (Lipinski definition) is 2. The average molecular weight is 256 g/mol. The fourth-order valence-electron chi connectivity index (χ4n) is 2.81. The SMILES string of the molecule is CN(CC(=O)c1c[nH]c2ccccc12)CC1CCC1. The summed E-state index contributed by atoms with van der Waals surface area (Å²) < 4.78 is 0. The number of H-pyrrole nitrogens is 1. The molecule has 1 saturated carbocycles. The molecule has 100 valence electrons. The molecule has 0 amide bonds. The van der Waals surface area contributed by atoms with E-state index in [1.54, 1.807) is 0 Å². The molecule has 1 aliphatic rings. The second kappa shape index (κ2) is 5.17. The number of ketones is 1. The fraction of sp³-hybridized carbons (Fsp3) is 0.438. The van der Waals surface area contributed by atoms with Crippen molar-refractivity contribution in [1.82, 2.24) is 9.88 Å². The number of benzene rings is 1. The number of nitrogens with zero attached hydrogens (tertiary/aromatic N) is 1. The smallest absolute Gasteiger partial charge is 0.178 e. The number of para-hydroxylation sites is 1. The van der Waals surface area contributed by atoms with E-state index in [9.17, 15) is 4.79 Å². The minimum Gasteiger partial charge on any atom is -0.360 e. The number of likely N-dealkylation sites (N-methyl/N-ethyl adjacent to an activating group) is 1. The molecule has 3 rings (SSSR count). The van der Waals surface area contributed by atoms with Crippen LogP contribution in [0.5, 0.6) is 0 Å². The molecule has 1 aromatic carbocycles. The maximum absolute atomic E-state index is 12.4. The van der Waals surface area contributed by atoms with Crippen molar-refractivity contribution in [2.45, 2.75) is 19.3 Å². The summed E-state index contributed by atoms with van der Waals surface area (Å²) in [7, 11) is 2.05. The molecule has 2 aromatic rings. The van der Waals surface area contributed by atoms with Crippen molar-refractivity contribution in [2.75, 3.05) is 20.1 Å². The summed E-state index contributed by atoms with van der Waals surface area (Å²) in [5, 5.41) is 1.03. The second-order valence-electron chi connectivity index (χ2n) is 5.66. The van der Waals surface area contributed by atoms with Gasteiger partial charge >= 0.3 is 0 Å². The van der Waals surface area contributed by atoms with Crippen molar-refractivity contribution < 1.29 is 4.79 Å². The Kier molecular flexibility index (Phi) is 3.38. The van der Waals surface area contributed by atoms with Gasteiger partial charge in [-0.3, -0.25) is 9.69 Å². The number of aromatic nitrogens is 1. The van der Waals surface area contributed by atoms with Crippen molar-refractivity contribution in [2.24, 2.45) is 5.92 Å². The lowest BCUT2D eigenvalue weighted by Crippen LogP contribution is -2.33. The zero-order chi connectivity index (χ0) is 13.2. The molecule has 0 saturated heterocycles. The predicted molar refractivity (Wildman–Crippen MR) is 77.5 cm³/mol. The standard InChI is InChI=1S/C16H20N2O/c1-18(10-12-5-4-6-12)11-16(19)14-9-17-15-8-3-2-7-13(14)15/h2-3,7-9,12,17H,4-6,10-11H2,1H3. The molecule has 0 unspecified atom stereocenters. The largest absolute Gasteiger partial charge is 0.360 e. The predicted octanol–water partition coefficient (Wildman–Crippen LogP) is 3.08. The van der Waals surface area contributed by atoms with Crippen LogP contribution in [0.3, 0.4) is 0 Å². The Balaban J connectivity index is 1.69. The van der Waals surface area contributed by atoms with Crippen molar-refractivity contribution in [1.29, 1.82) is 0 Å². The Morgan fingerprint density at radius 1 is 1.37 bits per heavy atom. The van der Waals surface area contributed by atoms with E-state index >= 15 is 0 Å². The van der Waals surface area contributed by atoms with Crippen molar-refractivity contribution in [3.8, 4) is 0 Å². The third-order valence-electron chi connectivity index (χ3n) is 4.10. The average Bonchev–Trinajstić information content (AvgIpc) is 2.77. The van der Waals surface area contributed by atoms with E-state index in [4.69, 9.17) is 0 Å². The summed E-state index contributed by atoms with van der Waals surface area (Å²) in [6, 6.07) is 7.97. The summed E-state index contributed by atoms with van der Waals surface area (Å²) in [6.45, 7) is 1.56. The maximum Gasteiger partial charge on any atom is 0.178 e. The van der Waals surface area contributed by atoms with Gasteiger partial charge < -0.3 is 4.98 Å². The molecule has 3 nitrogen and oxygen atoms in total. The van der Waals surface area contributed by atoms with Gasteiger partial charge in [0.25, 0.3) is 0 Å². The molecule has 1 fully saturated rings. The van der Waals surface area contributed by atoms with Gasteiger partial charge in [-0.2, -0.15) is 0 Å². The lowest BCUT2D eigenvalue weighted by atomic mass is 9.85. The van der Waals surface area contributed by atoms with Crippen LogP contribution in [0, 0.1) is 5.92 Å². The van der Waals surface area contributed by atoms with E-state index in [2.05, 4.69) is 9.88 Å². The molecule has 1 aliphatic carbocycles. The highest BCUT2D eigenvalue weighted by molar-refractivity contribution is 6.08. The van der Waals surface area contributed by atoms with Crippen LogP contribution in [-0.2, 0) is 0 Å². The fourth-order valence-corrected chi connectivity index (χ4v) is 2.81. The van der Waals surface area contributed by atoms with Crippen molar-refractivity contribution in [3.05, 3.63) is 36.0 Å². The third-order valence-corrected chi connectivity index (χ3v) is 4.10. The van der Waals surface area contributed by atoms with Crippen LogP contribution in [0.15, 0.2) is 30.5 Å². The van der Waals surface area contributed by atoms with Crippen LogP contribution in [0.1, 0.15) is 29.6 Å². The highest BCUT2D eigenvalue weighted by Crippen LogP contribution is 2.27. The van der Waals surface area contributed by atoms with E-state index in [1.165, 1.54) is 19.3 Å². The highest BCUT2D eigenvalue weighted by Gasteiger charge is 2.21. The first-order chi connectivity index (χ1) is 9.24. The molecule has 1 aromatic heterocycles. The molecule has 0 aliphatic heterocycles. The Morgan fingerprint density at radius 2 is 2.16 bits per heavy atom. The minimum absolute atomic E-state index is 0.208. The number of rotatable bonds is 5. The summed E-state index contributed by atoms with van der Waals surface area (Å²) in [5.41, 5.74) is 1.85. The molecule has 0 bridgehead atoms. The number of hydrogen-bond donors (Lipinski definition) is 1. The van der Waals surface area contributed by atoms with Crippen molar-refractivity contribution in [3.63, 3.8) is 0 Å². The second-order valence-corrected chi connectivity index (χ2v) is 5.66. The highest BCUT2D eigenvalue weighted by atomic mass is 16.1. The summed E-state index contributed by atoms with van der Waals surface area (Å²) >= 11 is 0. The number of Topliss-reactive ketones (excluding diaryl/α,β-unsaturated/α-hetero) is 1. The summed E-state index contributed by atoms with van der Waals surface area (Å²) in [4.78, 5) is 17.7. The number of fused-ring (bicyclic) bond motifs is 1. The van der Waals surface area contributed by atoms with Gasteiger partial charge in [-0.1, -0.05) is 24.6 Å². The van der Waals surface area contributed by atoms with Crippen molar-refractivity contribution >= 4 is 16.7 Å². The molecule has 0 atom stereocenters. The first-order valence-electron chi connectivity index (χ1n) is 7.02. The number of carbonyl (C=O) groups is 1. The molecule has 0 spiro atoms. The third kappa shape index (κ3) is 2.56. The van der Waals surface area contributed by atoms with Gasteiger partial charge in [-0.15, -0.1) is 0 Å². The van der Waals surface area contributed by atoms with Gasteiger partial charge in [0.05, 0.1) is 6.54 Å². The van der Waals surface area contributed by atoms with Gasteiger partial charge in [0.1, 0.15) is 0 Å². The Bertz CT molecular complexity index is 583. The topological polar surface area (TPSA) is 36.1 Å². The van der Waals surface area contributed by atoms with E-state index in [1.807, 2.05) is 37.5 Å². The Labute approximate surface area is 113 Å². The molecule has 3 heteroatoms. The zero-order valence-electron chi connectivity index (χ0n) is 11.4. The van der Waals surface area contributed by atoms with Gasteiger partial charge in [-0.05, 0) is 31.9 Å². The normalized spacial score (nSPS) is 15.9. The maximum atomic E-state index is 12.4. The lowest BCUT2D eigenvalue weighted by molar-refractivity contribution is 0.0926. The zero-order valence-corrected chi connectivity index (χ0v) is 11.4. The van der Waals surface area contributed by atoms with E-state index in [0.717, 1.165) is 28.9 Å². The summed E-state index contributed by atoms with van der Waals surface area (Å²) in [5.74, 6) is 1.01. The Morgan fingerprint density at radius 3 is 2.89 bits per heavy atom. The van der Waals surface area contributed by atoms with Crippen LogP contribution in [0.4, 0.5) is 0 Å². The van der Waals surface area contributed by atoms with E-state index < -0.39 is 0 Å². The molecular formula is C16H20N2O. The van der Waals surface area contributed by atoms with Gasteiger partial charge in [-0.25, -0.2) is 0 Å².